The molecular formula is C21H23NO5. The van der Waals surface area contributed by atoms with Crippen LogP contribution in [-0.4, -0.2) is 48.7 Å². The van der Waals surface area contributed by atoms with Crippen molar-refractivity contribution >= 4 is 11.9 Å². The molecular weight excluding hydrogens is 350 g/mol. The van der Waals surface area contributed by atoms with Crippen molar-refractivity contribution in [3.8, 4) is 11.5 Å². The van der Waals surface area contributed by atoms with E-state index in [1.165, 1.54) is 19.4 Å². The number of likely N-dealkylation sites (N-methyl/N-ethyl adjacent to an activating group) is 1. The minimum absolute atomic E-state index is 0.245. The zero-order valence-corrected chi connectivity index (χ0v) is 15.7. The Balaban J connectivity index is 1.71. The number of piperidine rings is 1. The van der Waals surface area contributed by atoms with Crippen molar-refractivity contribution in [2.24, 2.45) is 5.92 Å². The van der Waals surface area contributed by atoms with Crippen molar-refractivity contribution < 1.29 is 23.8 Å². The van der Waals surface area contributed by atoms with Crippen LogP contribution in [0.15, 0.2) is 24.3 Å². The highest BCUT2D eigenvalue weighted by Crippen LogP contribution is 2.62. The standard InChI is InChI=1S/C21H23NO5/c1-11(23)25-16-6-4-13-10-15-14-5-7-17(26-12(2)24)20-21(14,8-9-22(15)3)18(13)19(16)27-20/h4-7,14-15,17,20H,8-10H2,1-3H3/t14?,15-,17+,20?,21+/m1/s1/i1+1,2+1,11+1,12+1. The number of ether oxygens (including phenoxy) is 3. The quantitative estimate of drug-likeness (QED) is 0.342. The van der Waals surface area contributed by atoms with Crippen molar-refractivity contribution in [3.63, 3.8) is 0 Å². The fraction of sp³-hybridized carbons (Fsp3) is 0.524. The summed E-state index contributed by atoms with van der Waals surface area (Å²) < 4.78 is 17.5. The monoisotopic (exact) mass is 373 g/mol. The first-order valence-corrected chi connectivity index (χ1v) is 9.49. The van der Waals surface area contributed by atoms with Crippen LogP contribution in [0.1, 0.15) is 31.4 Å². The topological polar surface area (TPSA) is 65.1 Å². The van der Waals surface area contributed by atoms with E-state index in [9.17, 15) is 9.59 Å². The Morgan fingerprint density at radius 3 is 2.78 bits per heavy atom. The minimum atomic E-state index is -0.439. The smallest absolute Gasteiger partial charge is 0.308 e. The van der Waals surface area contributed by atoms with Gasteiger partial charge in [0.15, 0.2) is 17.6 Å². The Labute approximate surface area is 158 Å². The molecule has 4 aliphatic rings. The molecule has 1 fully saturated rings. The van der Waals surface area contributed by atoms with Crippen LogP contribution >= 0.6 is 0 Å². The SMILES string of the molecule is CN1CC[C@]23c4c5ccc(O[13C]([13CH3])=O)c4OC2[C@@H](O[13C]([13CH3])=O)C=CC3[C@H]1C5. The number of benzene rings is 1. The van der Waals surface area contributed by atoms with Gasteiger partial charge in [-0.2, -0.15) is 0 Å². The van der Waals surface area contributed by atoms with E-state index in [1.54, 1.807) is 0 Å². The molecule has 2 bridgehead atoms. The molecule has 1 saturated heterocycles. The molecule has 6 nitrogen and oxygen atoms in total. The first-order chi connectivity index (χ1) is 12.9. The van der Waals surface area contributed by atoms with E-state index in [0.29, 0.717) is 17.5 Å². The van der Waals surface area contributed by atoms with Crippen LogP contribution in [0, 0.1) is 5.92 Å². The Morgan fingerprint density at radius 2 is 2.04 bits per heavy atom. The van der Waals surface area contributed by atoms with Gasteiger partial charge < -0.3 is 19.1 Å². The summed E-state index contributed by atoms with van der Waals surface area (Å²) in [6, 6.07) is 4.28. The molecule has 2 aliphatic heterocycles. The lowest BCUT2D eigenvalue weighted by Gasteiger charge is -2.56. The normalized spacial score (nSPS) is 35.2. The van der Waals surface area contributed by atoms with Crippen LogP contribution < -0.4 is 9.47 Å². The lowest BCUT2D eigenvalue weighted by atomic mass is 9.53. The average molecular weight is 373 g/mol. The number of rotatable bonds is 2. The van der Waals surface area contributed by atoms with E-state index in [-0.39, 0.29) is 29.4 Å². The van der Waals surface area contributed by atoms with Crippen molar-refractivity contribution in [3.05, 3.63) is 35.4 Å². The molecule has 1 aromatic rings. The molecule has 0 saturated carbocycles. The summed E-state index contributed by atoms with van der Waals surface area (Å²) >= 11 is 0. The van der Waals surface area contributed by atoms with Crippen molar-refractivity contribution in [2.45, 2.75) is 50.4 Å². The Morgan fingerprint density at radius 1 is 1.22 bits per heavy atom. The number of hydrogen-bond donors (Lipinski definition) is 0. The summed E-state index contributed by atoms with van der Waals surface area (Å²) in [7, 11) is 2.17. The van der Waals surface area contributed by atoms with Gasteiger partial charge in [0.05, 0.1) is 0 Å². The van der Waals surface area contributed by atoms with Gasteiger partial charge in [0.2, 0.25) is 0 Å². The first kappa shape index (κ1) is 16.8. The molecule has 5 atom stereocenters. The molecule has 27 heavy (non-hydrogen) atoms. The highest BCUT2D eigenvalue weighted by atomic mass is 16.7. The number of hydrogen-bond acceptors (Lipinski definition) is 6. The second-order valence-electron chi connectivity index (χ2n) is 8.09. The summed E-state index contributed by atoms with van der Waals surface area (Å²) in [5.74, 6) is 0.712. The minimum Gasteiger partial charge on any atom is -0.481 e. The third kappa shape index (κ3) is 2.16. The van der Waals surface area contributed by atoms with Gasteiger partial charge in [0, 0.05) is 36.8 Å². The van der Waals surface area contributed by atoms with Gasteiger partial charge in [-0.15, -0.1) is 0 Å². The summed E-state index contributed by atoms with van der Waals surface area (Å²) in [5.41, 5.74) is 2.15. The van der Waals surface area contributed by atoms with Gasteiger partial charge >= 0.3 is 11.9 Å². The highest BCUT2D eigenvalue weighted by Gasteiger charge is 2.65. The second kappa shape index (κ2) is 5.58. The molecule has 1 aromatic carbocycles. The maximum atomic E-state index is 11.7. The van der Waals surface area contributed by atoms with E-state index < -0.39 is 6.10 Å². The van der Waals surface area contributed by atoms with E-state index in [4.69, 9.17) is 14.2 Å². The van der Waals surface area contributed by atoms with Gasteiger partial charge in [-0.25, -0.2) is 0 Å². The number of likely N-dealkylation sites (tertiary alicyclic amines) is 1. The molecule has 1 spiro atoms. The summed E-state index contributed by atoms with van der Waals surface area (Å²) in [6.07, 6.45) is 5.31. The third-order valence-electron chi connectivity index (χ3n) is 6.67. The zero-order valence-electron chi connectivity index (χ0n) is 15.7. The van der Waals surface area contributed by atoms with E-state index in [1.807, 2.05) is 12.1 Å². The van der Waals surface area contributed by atoms with Crippen LogP contribution in [0.4, 0.5) is 0 Å². The Bertz CT molecular complexity index is 878. The zero-order chi connectivity index (χ0) is 18.9. The van der Waals surface area contributed by atoms with Gasteiger partial charge in [-0.1, -0.05) is 12.1 Å². The van der Waals surface area contributed by atoms with Gasteiger partial charge in [-0.05, 0) is 44.1 Å². The molecule has 5 rings (SSSR count). The van der Waals surface area contributed by atoms with Crippen molar-refractivity contribution in [1.82, 2.24) is 4.90 Å². The van der Waals surface area contributed by atoms with Gasteiger partial charge in [0.1, 0.15) is 6.10 Å². The summed E-state index contributed by atoms with van der Waals surface area (Å²) in [4.78, 5) is 25.7. The lowest BCUT2D eigenvalue weighted by Crippen LogP contribution is -2.65. The first-order valence-electron chi connectivity index (χ1n) is 9.49. The Kier molecular flexibility index (Phi) is 3.47. The third-order valence-corrected chi connectivity index (χ3v) is 6.67. The lowest BCUT2D eigenvalue weighted by molar-refractivity contribution is -0.152. The molecule has 0 N–H and O–H groups in total. The highest BCUT2D eigenvalue weighted by molar-refractivity contribution is 5.73. The van der Waals surface area contributed by atoms with Crippen LogP contribution in [0.5, 0.6) is 11.5 Å². The molecule has 0 amide bonds. The van der Waals surface area contributed by atoms with Crippen LogP contribution in [0.3, 0.4) is 0 Å². The maximum absolute atomic E-state index is 11.7. The fourth-order valence-electron chi connectivity index (χ4n) is 5.74. The molecule has 0 aromatic heterocycles. The number of carbonyl (C=O) groups excluding carboxylic acids is 2. The predicted molar refractivity (Wildman–Crippen MR) is 96.8 cm³/mol. The van der Waals surface area contributed by atoms with Crippen LogP contribution in [0.25, 0.3) is 0 Å². The maximum Gasteiger partial charge on any atom is 0.308 e. The second-order valence-corrected chi connectivity index (χ2v) is 8.09. The fourth-order valence-corrected chi connectivity index (χ4v) is 5.74. The molecule has 6 heteroatoms. The molecule has 2 heterocycles. The number of carbonyl (C=O) groups is 2. The van der Waals surface area contributed by atoms with E-state index >= 15 is 0 Å². The van der Waals surface area contributed by atoms with Gasteiger partial charge in [-0.3, -0.25) is 9.59 Å². The van der Waals surface area contributed by atoms with Gasteiger partial charge in [0.25, 0.3) is 0 Å². The molecule has 2 unspecified atom stereocenters. The largest absolute Gasteiger partial charge is 0.481 e. The van der Waals surface area contributed by atoms with Crippen LogP contribution in [-0.2, 0) is 26.2 Å². The molecule has 142 valence electrons. The average Bonchev–Trinajstić information content (AvgIpc) is 2.95. The number of nitrogens with zero attached hydrogens (tertiary/aromatic N) is 1. The molecule has 0 radical (unpaired) electrons. The summed E-state index contributed by atoms with van der Waals surface area (Å²) in [5, 5.41) is 0. The van der Waals surface area contributed by atoms with E-state index in [0.717, 1.165) is 24.9 Å². The predicted octanol–water partition coefficient (Wildman–Crippen LogP) is 1.99. The Hall–Kier alpha value is -2.34. The number of esters is 2. The van der Waals surface area contributed by atoms with Crippen molar-refractivity contribution in [2.75, 3.05) is 13.6 Å². The van der Waals surface area contributed by atoms with E-state index in [2.05, 4.69) is 24.1 Å². The molecule has 2 aliphatic carbocycles. The van der Waals surface area contributed by atoms with Crippen LogP contribution in [0.2, 0.25) is 0 Å². The van der Waals surface area contributed by atoms with Crippen molar-refractivity contribution in [1.29, 1.82) is 0 Å². The summed E-state index contributed by atoms with van der Waals surface area (Å²) in [6.45, 7) is 3.77.